The number of nitrogens with zero attached hydrogens (tertiary/aromatic N) is 2. The number of carbonyl (C=O) groups excluding carboxylic acids is 2. The number of nitrogens with one attached hydrogen (secondary N) is 1. The van der Waals surface area contributed by atoms with E-state index in [2.05, 4.69) is 10.2 Å². The summed E-state index contributed by atoms with van der Waals surface area (Å²) in [5.41, 5.74) is 0. The monoisotopic (exact) mass is 225 g/mol. The van der Waals surface area contributed by atoms with Crippen LogP contribution in [-0.4, -0.2) is 61.4 Å². The van der Waals surface area contributed by atoms with Gasteiger partial charge in [0.2, 0.25) is 11.8 Å². The van der Waals surface area contributed by atoms with Crippen LogP contribution in [0.25, 0.3) is 0 Å². The topological polar surface area (TPSA) is 52.7 Å². The number of amides is 2. The van der Waals surface area contributed by atoms with Gasteiger partial charge in [0.05, 0.1) is 0 Å². The number of piperazine rings is 1. The van der Waals surface area contributed by atoms with Gasteiger partial charge in [-0.1, -0.05) is 0 Å². The fourth-order valence-electron chi connectivity index (χ4n) is 1.51. The summed E-state index contributed by atoms with van der Waals surface area (Å²) in [7, 11) is 2.03. The average Bonchev–Trinajstić information content (AvgIpc) is 2.27. The van der Waals surface area contributed by atoms with Crippen molar-refractivity contribution in [1.82, 2.24) is 15.1 Å². The van der Waals surface area contributed by atoms with Crippen LogP contribution < -0.4 is 5.32 Å². The minimum Gasteiger partial charge on any atom is -0.353 e. The van der Waals surface area contributed by atoms with Gasteiger partial charge in [-0.05, 0) is 14.0 Å². The molecule has 1 saturated heterocycles. The van der Waals surface area contributed by atoms with E-state index >= 15 is 0 Å². The van der Waals surface area contributed by atoms with Crippen molar-refractivity contribution in [3.63, 3.8) is 0 Å². The van der Waals surface area contributed by atoms with Gasteiger partial charge in [-0.2, -0.15) is 0 Å². The summed E-state index contributed by atoms with van der Waals surface area (Å²) in [6.45, 7) is 5.66. The van der Waals surface area contributed by atoms with Gasteiger partial charge in [0.25, 0.3) is 0 Å². The molecule has 1 N–H and O–H groups in total. The standard InChI is InChI=1S/C11H19N3O2/c1-3-12-10(15)4-5-11(16)14-8-6-13(2)7-9-14/h4-5H,3,6-9H2,1-2H3,(H,12,15)/b5-4-. The molecule has 0 spiro atoms. The molecule has 0 saturated carbocycles. The molecule has 0 aliphatic carbocycles. The lowest BCUT2D eigenvalue weighted by molar-refractivity contribution is -0.128. The van der Waals surface area contributed by atoms with Crippen molar-refractivity contribution in [3.8, 4) is 0 Å². The predicted molar refractivity (Wildman–Crippen MR) is 61.9 cm³/mol. The first-order valence-corrected chi connectivity index (χ1v) is 5.57. The third-order valence-electron chi connectivity index (χ3n) is 2.54. The molecule has 1 rings (SSSR count). The van der Waals surface area contributed by atoms with Crippen LogP contribution in [0.4, 0.5) is 0 Å². The third-order valence-corrected chi connectivity index (χ3v) is 2.54. The Bertz CT molecular complexity index is 281. The maximum Gasteiger partial charge on any atom is 0.246 e. The van der Waals surface area contributed by atoms with E-state index < -0.39 is 0 Å². The van der Waals surface area contributed by atoms with E-state index in [9.17, 15) is 9.59 Å². The Hall–Kier alpha value is -1.36. The summed E-state index contributed by atoms with van der Waals surface area (Å²) in [5, 5.41) is 2.61. The van der Waals surface area contributed by atoms with Crippen molar-refractivity contribution >= 4 is 11.8 Å². The van der Waals surface area contributed by atoms with Crippen molar-refractivity contribution in [3.05, 3.63) is 12.2 Å². The molecule has 0 radical (unpaired) electrons. The van der Waals surface area contributed by atoms with Crippen LogP contribution in [0.1, 0.15) is 6.92 Å². The highest BCUT2D eigenvalue weighted by Gasteiger charge is 2.16. The van der Waals surface area contributed by atoms with Crippen LogP contribution in [0, 0.1) is 0 Å². The smallest absolute Gasteiger partial charge is 0.246 e. The Balaban J connectivity index is 2.37. The van der Waals surface area contributed by atoms with Gasteiger partial charge in [-0.15, -0.1) is 0 Å². The van der Waals surface area contributed by atoms with Gasteiger partial charge >= 0.3 is 0 Å². The van der Waals surface area contributed by atoms with Crippen LogP contribution in [0.2, 0.25) is 0 Å². The Kier molecular flexibility index (Phi) is 4.98. The average molecular weight is 225 g/mol. The van der Waals surface area contributed by atoms with E-state index in [-0.39, 0.29) is 11.8 Å². The molecule has 90 valence electrons. The first-order valence-electron chi connectivity index (χ1n) is 5.57. The van der Waals surface area contributed by atoms with E-state index in [1.807, 2.05) is 14.0 Å². The zero-order valence-corrected chi connectivity index (χ0v) is 9.90. The molecule has 0 aromatic heterocycles. The summed E-state index contributed by atoms with van der Waals surface area (Å²) in [5.74, 6) is -0.302. The van der Waals surface area contributed by atoms with Gasteiger partial charge in [-0.25, -0.2) is 0 Å². The van der Waals surface area contributed by atoms with Crippen LogP contribution in [0.3, 0.4) is 0 Å². The largest absolute Gasteiger partial charge is 0.353 e. The minimum absolute atomic E-state index is 0.0839. The fourth-order valence-corrected chi connectivity index (χ4v) is 1.51. The molecule has 0 atom stereocenters. The summed E-state index contributed by atoms with van der Waals surface area (Å²) in [4.78, 5) is 26.7. The number of hydrogen-bond donors (Lipinski definition) is 1. The number of hydrogen-bond acceptors (Lipinski definition) is 3. The van der Waals surface area contributed by atoms with Crippen LogP contribution in [0.5, 0.6) is 0 Å². The summed E-state index contributed by atoms with van der Waals surface area (Å²) in [6, 6.07) is 0. The molecule has 0 aromatic carbocycles. The zero-order chi connectivity index (χ0) is 12.0. The quantitative estimate of drug-likeness (QED) is 0.656. The van der Waals surface area contributed by atoms with Crippen LogP contribution >= 0.6 is 0 Å². The second-order valence-electron chi connectivity index (χ2n) is 3.86. The molecule has 5 heteroatoms. The second kappa shape index (κ2) is 6.27. The molecule has 0 unspecified atom stereocenters. The Labute approximate surface area is 96.1 Å². The maximum atomic E-state index is 11.7. The Morgan fingerprint density at radius 1 is 1.19 bits per heavy atom. The lowest BCUT2D eigenvalue weighted by Gasteiger charge is -2.31. The van der Waals surface area contributed by atoms with E-state index in [1.54, 1.807) is 4.90 Å². The highest BCUT2D eigenvalue weighted by Crippen LogP contribution is 2.00. The van der Waals surface area contributed by atoms with Crippen molar-refractivity contribution in [1.29, 1.82) is 0 Å². The maximum absolute atomic E-state index is 11.7. The van der Waals surface area contributed by atoms with E-state index in [0.29, 0.717) is 6.54 Å². The molecule has 1 aliphatic heterocycles. The van der Waals surface area contributed by atoms with E-state index in [4.69, 9.17) is 0 Å². The molecule has 1 heterocycles. The van der Waals surface area contributed by atoms with E-state index in [1.165, 1.54) is 12.2 Å². The van der Waals surface area contributed by atoms with Gasteiger partial charge in [0.15, 0.2) is 0 Å². The molecule has 1 aliphatic rings. The highest BCUT2D eigenvalue weighted by atomic mass is 16.2. The zero-order valence-electron chi connectivity index (χ0n) is 9.90. The van der Waals surface area contributed by atoms with Crippen LogP contribution in [0.15, 0.2) is 12.2 Å². The molecule has 2 amide bonds. The molecule has 0 bridgehead atoms. The highest BCUT2D eigenvalue weighted by molar-refractivity contribution is 5.96. The van der Waals surface area contributed by atoms with Gasteiger partial charge < -0.3 is 15.1 Å². The van der Waals surface area contributed by atoms with Gasteiger partial charge in [-0.3, -0.25) is 9.59 Å². The minimum atomic E-state index is -0.218. The van der Waals surface area contributed by atoms with Gasteiger partial charge in [0, 0.05) is 44.9 Å². The number of likely N-dealkylation sites (N-methyl/N-ethyl adjacent to an activating group) is 2. The Morgan fingerprint density at radius 2 is 1.81 bits per heavy atom. The molecular weight excluding hydrogens is 206 g/mol. The Morgan fingerprint density at radius 3 is 2.38 bits per heavy atom. The van der Waals surface area contributed by atoms with Crippen molar-refractivity contribution in [2.75, 3.05) is 39.8 Å². The molecule has 16 heavy (non-hydrogen) atoms. The summed E-state index contributed by atoms with van der Waals surface area (Å²) < 4.78 is 0. The molecule has 1 fully saturated rings. The van der Waals surface area contributed by atoms with Crippen molar-refractivity contribution in [2.45, 2.75) is 6.92 Å². The lowest BCUT2D eigenvalue weighted by Crippen LogP contribution is -2.46. The lowest BCUT2D eigenvalue weighted by atomic mass is 10.3. The van der Waals surface area contributed by atoms with E-state index in [0.717, 1.165) is 26.2 Å². The third kappa shape index (κ3) is 4.02. The van der Waals surface area contributed by atoms with Crippen molar-refractivity contribution < 1.29 is 9.59 Å². The molecular formula is C11H19N3O2. The summed E-state index contributed by atoms with van der Waals surface area (Å²) in [6.07, 6.45) is 2.64. The SMILES string of the molecule is CCNC(=O)/C=C\C(=O)N1CCN(C)CC1. The summed E-state index contributed by atoms with van der Waals surface area (Å²) >= 11 is 0. The normalized spacial score (nSPS) is 17.8. The fraction of sp³-hybridized carbons (Fsp3) is 0.636. The van der Waals surface area contributed by atoms with Crippen molar-refractivity contribution in [2.24, 2.45) is 0 Å². The van der Waals surface area contributed by atoms with Gasteiger partial charge in [0.1, 0.15) is 0 Å². The number of rotatable bonds is 3. The first-order chi connectivity index (χ1) is 7.63. The van der Waals surface area contributed by atoms with Crippen LogP contribution in [-0.2, 0) is 9.59 Å². The second-order valence-corrected chi connectivity index (χ2v) is 3.86. The predicted octanol–water partition coefficient (Wildman–Crippen LogP) is -0.547. The molecule has 5 nitrogen and oxygen atoms in total. The number of carbonyl (C=O) groups is 2. The first kappa shape index (κ1) is 12.7. The molecule has 0 aromatic rings.